The number of nitrogen functional groups attached to an aromatic ring is 1. The fraction of sp³-hybridized carbons (Fsp3) is 0.385. The highest BCUT2D eigenvalue weighted by molar-refractivity contribution is 5.33. The van der Waals surface area contributed by atoms with Crippen molar-refractivity contribution in [2.24, 2.45) is 0 Å². The molecule has 2 heterocycles. The van der Waals surface area contributed by atoms with E-state index in [1.54, 1.807) is 22.9 Å². The SMILES string of the molecule is CCC(C)n1ccc(Cn2cccc(N)c2=O)n1. The number of hydrogen-bond acceptors (Lipinski definition) is 3. The van der Waals surface area contributed by atoms with E-state index in [1.165, 1.54) is 0 Å². The number of nitrogens with two attached hydrogens (primary N) is 1. The lowest BCUT2D eigenvalue weighted by Gasteiger charge is -2.08. The van der Waals surface area contributed by atoms with Crippen molar-refractivity contribution >= 4 is 5.69 Å². The minimum atomic E-state index is -0.171. The van der Waals surface area contributed by atoms with E-state index in [-0.39, 0.29) is 11.2 Å². The van der Waals surface area contributed by atoms with E-state index in [9.17, 15) is 4.79 Å². The molecule has 0 bridgehead atoms. The quantitative estimate of drug-likeness (QED) is 0.892. The standard InChI is InChI=1S/C13H18N4O/c1-3-10(2)17-8-6-11(15-17)9-16-7-4-5-12(14)13(16)18/h4-8,10H,3,9,14H2,1-2H3. The summed E-state index contributed by atoms with van der Waals surface area (Å²) < 4.78 is 3.49. The zero-order valence-corrected chi connectivity index (χ0v) is 10.7. The van der Waals surface area contributed by atoms with Crippen molar-refractivity contribution in [1.82, 2.24) is 14.3 Å². The van der Waals surface area contributed by atoms with Gasteiger partial charge in [0.05, 0.1) is 17.9 Å². The maximum absolute atomic E-state index is 11.8. The summed E-state index contributed by atoms with van der Waals surface area (Å²) in [7, 11) is 0. The topological polar surface area (TPSA) is 65.8 Å². The zero-order chi connectivity index (χ0) is 13.1. The first kappa shape index (κ1) is 12.4. The molecule has 0 saturated carbocycles. The van der Waals surface area contributed by atoms with Crippen molar-refractivity contribution in [2.45, 2.75) is 32.9 Å². The molecule has 0 radical (unpaired) electrons. The Balaban J connectivity index is 2.22. The molecule has 0 aliphatic heterocycles. The van der Waals surface area contributed by atoms with Crippen molar-refractivity contribution in [3.63, 3.8) is 0 Å². The Bertz CT molecular complexity index is 585. The first-order valence-corrected chi connectivity index (χ1v) is 6.10. The molecule has 0 fully saturated rings. The van der Waals surface area contributed by atoms with Gasteiger partial charge in [-0.1, -0.05) is 6.92 Å². The second-order valence-corrected chi connectivity index (χ2v) is 4.44. The molecule has 0 aliphatic carbocycles. The average molecular weight is 246 g/mol. The second-order valence-electron chi connectivity index (χ2n) is 4.44. The van der Waals surface area contributed by atoms with Gasteiger partial charge in [-0.05, 0) is 31.5 Å². The number of hydrogen-bond donors (Lipinski definition) is 1. The van der Waals surface area contributed by atoms with Crippen LogP contribution in [0.1, 0.15) is 32.0 Å². The Hall–Kier alpha value is -2.04. The molecule has 5 nitrogen and oxygen atoms in total. The Labute approximate surface area is 106 Å². The van der Waals surface area contributed by atoms with E-state index in [4.69, 9.17) is 5.73 Å². The third-order valence-corrected chi connectivity index (χ3v) is 3.09. The van der Waals surface area contributed by atoms with Crippen LogP contribution in [0.15, 0.2) is 35.4 Å². The third kappa shape index (κ3) is 2.45. The predicted octanol–water partition coefficient (Wildman–Crippen LogP) is 1.65. The Morgan fingerprint density at radius 2 is 2.17 bits per heavy atom. The monoisotopic (exact) mass is 246 g/mol. The zero-order valence-electron chi connectivity index (χ0n) is 10.7. The van der Waals surface area contributed by atoms with Crippen LogP contribution in [-0.4, -0.2) is 14.3 Å². The van der Waals surface area contributed by atoms with Crippen LogP contribution in [-0.2, 0) is 6.54 Å². The van der Waals surface area contributed by atoms with Crippen molar-refractivity contribution in [3.05, 3.63) is 46.6 Å². The van der Waals surface area contributed by atoms with Gasteiger partial charge in [-0.3, -0.25) is 9.48 Å². The van der Waals surface area contributed by atoms with Crippen LogP contribution in [0.5, 0.6) is 0 Å². The fourth-order valence-corrected chi connectivity index (χ4v) is 1.75. The van der Waals surface area contributed by atoms with Crippen molar-refractivity contribution in [2.75, 3.05) is 5.73 Å². The van der Waals surface area contributed by atoms with Gasteiger partial charge in [-0.2, -0.15) is 5.10 Å². The third-order valence-electron chi connectivity index (χ3n) is 3.09. The van der Waals surface area contributed by atoms with Crippen LogP contribution in [0.4, 0.5) is 5.69 Å². The van der Waals surface area contributed by atoms with E-state index >= 15 is 0 Å². The van der Waals surface area contributed by atoms with Gasteiger partial charge in [-0.15, -0.1) is 0 Å². The number of anilines is 1. The van der Waals surface area contributed by atoms with E-state index < -0.39 is 0 Å². The molecular formula is C13H18N4O. The first-order valence-electron chi connectivity index (χ1n) is 6.10. The van der Waals surface area contributed by atoms with E-state index in [1.807, 2.05) is 16.9 Å². The van der Waals surface area contributed by atoms with Crippen molar-refractivity contribution in [1.29, 1.82) is 0 Å². The van der Waals surface area contributed by atoms with Crippen LogP contribution in [0.2, 0.25) is 0 Å². The van der Waals surface area contributed by atoms with Gasteiger partial charge >= 0.3 is 0 Å². The van der Waals surface area contributed by atoms with Crippen molar-refractivity contribution in [3.8, 4) is 0 Å². The van der Waals surface area contributed by atoms with E-state index in [0.717, 1.165) is 12.1 Å². The lowest BCUT2D eigenvalue weighted by molar-refractivity contribution is 0.472. The molecule has 0 aromatic carbocycles. The molecule has 2 rings (SSSR count). The molecule has 0 aliphatic rings. The molecule has 0 spiro atoms. The molecule has 1 atom stereocenters. The highest BCUT2D eigenvalue weighted by Crippen LogP contribution is 2.09. The summed E-state index contributed by atoms with van der Waals surface area (Å²) in [6.07, 6.45) is 4.70. The van der Waals surface area contributed by atoms with Crippen LogP contribution in [0.3, 0.4) is 0 Å². The number of nitrogens with zero attached hydrogens (tertiary/aromatic N) is 3. The van der Waals surface area contributed by atoms with Crippen molar-refractivity contribution < 1.29 is 0 Å². The van der Waals surface area contributed by atoms with Crippen LogP contribution < -0.4 is 11.3 Å². The maximum atomic E-state index is 11.8. The molecule has 2 N–H and O–H groups in total. The first-order chi connectivity index (χ1) is 8.61. The number of aromatic nitrogens is 3. The van der Waals surface area contributed by atoms with Gasteiger partial charge < -0.3 is 10.3 Å². The van der Waals surface area contributed by atoms with Crippen LogP contribution >= 0.6 is 0 Å². The molecule has 2 aromatic rings. The Morgan fingerprint density at radius 1 is 1.39 bits per heavy atom. The largest absolute Gasteiger partial charge is 0.394 e. The highest BCUT2D eigenvalue weighted by atomic mass is 16.1. The second kappa shape index (κ2) is 5.08. The van der Waals surface area contributed by atoms with Gasteiger partial charge in [0, 0.05) is 18.4 Å². The average Bonchev–Trinajstić information content (AvgIpc) is 2.82. The summed E-state index contributed by atoms with van der Waals surface area (Å²) in [6.45, 7) is 4.69. The normalized spacial score (nSPS) is 12.6. The summed E-state index contributed by atoms with van der Waals surface area (Å²) in [4.78, 5) is 11.8. The minimum absolute atomic E-state index is 0.171. The fourth-order valence-electron chi connectivity index (χ4n) is 1.75. The molecule has 96 valence electrons. The molecule has 5 heteroatoms. The minimum Gasteiger partial charge on any atom is -0.394 e. The van der Waals surface area contributed by atoms with Gasteiger partial charge in [0.25, 0.3) is 5.56 Å². The smallest absolute Gasteiger partial charge is 0.274 e. The summed E-state index contributed by atoms with van der Waals surface area (Å²) in [5.74, 6) is 0. The molecule has 18 heavy (non-hydrogen) atoms. The van der Waals surface area contributed by atoms with Crippen LogP contribution in [0, 0.1) is 0 Å². The lowest BCUT2D eigenvalue weighted by atomic mass is 10.3. The maximum Gasteiger partial charge on any atom is 0.274 e. The molecule has 1 unspecified atom stereocenters. The Morgan fingerprint density at radius 3 is 2.89 bits per heavy atom. The summed E-state index contributed by atoms with van der Waals surface area (Å²) >= 11 is 0. The van der Waals surface area contributed by atoms with Gasteiger partial charge in [0.15, 0.2) is 0 Å². The highest BCUT2D eigenvalue weighted by Gasteiger charge is 2.06. The number of rotatable bonds is 4. The Kier molecular flexibility index (Phi) is 3.50. The molecule has 0 saturated heterocycles. The van der Waals surface area contributed by atoms with Crippen LogP contribution in [0.25, 0.3) is 0 Å². The molecule has 0 amide bonds. The summed E-state index contributed by atoms with van der Waals surface area (Å²) in [6, 6.07) is 5.68. The van der Waals surface area contributed by atoms with Gasteiger partial charge in [0.1, 0.15) is 0 Å². The predicted molar refractivity (Wildman–Crippen MR) is 71.4 cm³/mol. The molecular weight excluding hydrogens is 228 g/mol. The van der Waals surface area contributed by atoms with E-state index in [0.29, 0.717) is 12.6 Å². The molecule has 2 aromatic heterocycles. The lowest BCUT2D eigenvalue weighted by Crippen LogP contribution is -2.22. The van der Waals surface area contributed by atoms with E-state index in [2.05, 4.69) is 18.9 Å². The number of pyridine rings is 1. The summed E-state index contributed by atoms with van der Waals surface area (Å²) in [5, 5.41) is 4.46. The van der Waals surface area contributed by atoms with Gasteiger partial charge in [0.2, 0.25) is 0 Å². The van der Waals surface area contributed by atoms with Gasteiger partial charge in [-0.25, -0.2) is 0 Å². The summed E-state index contributed by atoms with van der Waals surface area (Å²) in [5.41, 5.74) is 6.55.